The highest BCUT2D eigenvalue weighted by atomic mass is 32.2. The lowest BCUT2D eigenvalue weighted by atomic mass is 9.98. The lowest BCUT2D eigenvalue weighted by Gasteiger charge is -2.29. The monoisotopic (exact) mass is 312 g/mol. The molecular weight excluding hydrogens is 292 g/mol. The van der Waals surface area contributed by atoms with Crippen molar-refractivity contribution in [3.8, 4) is 0 Å². The van der Waals surface area contributed by atoms with Crippen LogP contribution in [0.2, 0.25) is 0 Å². The number of rotatable bonds is 2. The van der Waals surface area contributed by atoms with Gasteiger partial charge in [0.25, 0.3) is 0 Å². The van der Waals surface area contributed by atoms with Crippen molar-refractivity contribution in [2.75, 3.05) is 18.6 Å². The van der Waals surface area contributed by atoms with Crippen molar-refractivity contribution in [2.45, 2.75) is 44.1 Å². The molecule has 1 unspecified atom stereocenters. The quantitative estimate of drug-likeness (QED) is 0.767. The van der Waals surface area contributed by atoms with Crippen LogP contribution in [0.1, 0.15) is 49.2 Å². The maximum absolute atomic E-state index is 12.0. The Balaban J connectivity index is 1.91. The van der Waals surface area contributed by atoms with Gasteiger partial charge in [-0.25, -0.2) is 18.2 Å². The van der Waals surface area contributed by atoms with Crippen LogP contribution in [0, 0.1) is 0 Å². The molecule has 0 aliphatic carbocycles. The molecule has 0 bridgehead atoms. The summed E-state index contributed by atoms with van der Waals surface area (Å²) in [6, 6.07) is -0.310. The first-order valence-corrected chi connectivity index (χ1v) is 9.18. The summed E-state index contributed by atoms with van der Waals surface area (Å²) >= 11 is 0. The highest BCUT2D eigenvalue weighted by Crippen LogP contribution is 2.34. The van der Waals surface area contributed by atoms with Gasteiger partial charge in [0, 0.05) is 17.8 Å². The predicted molar refractivity (Wildman–Crippen MR) is 76.8 cm³/mol. The van der Waals surface area contributed by atoms with Crippen LogP contribution in [-0.4, -0.2) is 42.6 Å². The zero-order chi connectivity index (χ0) is 15.0. The van der Waals surface area contributed by atoms with Gasteiger partial charge in [-0.1, -0.05) is 0 Å². The van der Waals surface area contributed by atoms with Gasteiger partial charge < -0.3 is 9.30 Å². The summed E-state index contributed by atoms with van der Waals surface area (Å²) < 4.78 is 30.0. The van der Waals surface area contributed by atoms with E-state index in [9.17, 15) is 13.2 Å². The Morgan fingerprint density at radius 2 is 2.05 bits per heavy atom. The molecule has 0 aromatic carbocycles. The van der Waals surface area contributed by atoms with E-state index in [-0.39, 0.29) is 29.4 Å². The van der Waals surface area contributed by atoms with E-state index < -0.39 is 9.84 Å². The largest absolute Gasteiger partial charge is 0.467 e. The second-order valence-corrected chi connectivity index (χ2v) is 8.14. The van der Waals surface area contributed by atoms with Gasteiger partial charge in [0.05, 0.1) is 18.6 Å². The molecule has 1 aromatic heterocycles. The van der Waals surface area contributed by atoms with Crippen LogP contribution in [0.25, 0.3) is 0 Å². The molecule has 116 valence electrons. The number of aryl methyl sites for hydroxylation is 1. The van der Waals surface area contributed by atoms with Crippen molar-refractivity contribution in [3.63, 3.8) is 0 Å². The van der Waals surface area contributed by atoms with Gasteiger partial charge in [0.1, 0.15) is 21.7 Å². The molecule has 21 heavy (non-hydrogen) atoms. The molecule has 1 saturated heterocycles. The third-order valence-corrected chi connectivity index (χ3v) is 6.23. The van der Waals surface area contributed by atoms with Crippen molar-refractivity contribution in [2.24, 2.45) is 0 Å². The van der Waals surface area contributed by atoms with E-state index in [2.05, 4.69) is 4.98 Å². The number of sulfone groups is 1. The Hall–Kier alpha value is -1.37. The lowest BCUT2D eigenvalue weighted by molar-refractivity contribution is -0.145. The molecule has 0 spiro atoms. The highest BCUT2D eigenvalue weighted by Gasteiger charge is 2.34. The normalized spacial score (nSPS) is 25.3. The average molecular weight is 312 g/mol. The lowest BCUT2D eigenvalue weighted by Crippen LogP contribution is -2.30. The van der Waals surface area contributed by atoms with E-state index in [1.54, 1.807) is 0 Å². The summed E-state index contributed by atoms with van der Waals surface area (Å²) in [7, 11) is -1.49. The number of imidazole rings is 1. The average Bonchev–Trinajstić information content (AvgIpc) is 2.90. The van der Waals surface area contributed by atoms with Gasteiger partial charge in [0.15, 0.2) is 0 Å². The molecule has 2 aliphatic rings. The SMILES string of the molecule is COC(=O)C1CCCc2cnc(C3CCS(=O)(=O)CC3)n21. The number of hydrogen-bond donors (Lipinski definition) is 0. The van der Waals surface area contributed by atoms with E-state index in [0.717, 1.165) is 30.8 Å². The number of methoxy groups -OCH3 is 1. The van der Waals surface area contributed by atoms with Crippen molar-refractivity contribution < 1.29 is 17.9 Å². The fourth-order valence-corrected chi connectivity index (χ4v) is 4.86. The van der Waals surface area contributed by atoms with E-state index in [4.69, 9.17) is 4.74 Å². The summed E-state index contributed by atoms with van der Waals surface area (Å²) in [4.78, 5) is 16.5. The third kappa shape index (κ3) is 2.71. The molecular formula is C14H20N2O4S. The number of ether oxygens (including phenoxy) is 1. The molecule has 1 aromatic rings. The molecule has 6 nitrogen and oxygen atoms in total. The van der Waals surface area contributed by atoms with Crippen LogP contribution >= 0.6 is 0 Å². The number of carbonyl (C=O) groups excluding carboxylic acids is 1. The van der Waals surface area contributed by atoms with Gasteiger partial charge in [-0.3, -0.25) is 0 Å². The third-order valence-electron chi connectivity index (χ3n) is 4.52. The number of esters is 1. The summed E-state index contributed by atoms with van der Waals surface area (Å²) in [5.74, 6) is 1.16. The van der Waals surface area contributed by atoms with Crippen molar-refractivity contribution in [1.29, 1.82) is 0 Å². The highest BCUT2D eigenvalue weighted by molar-refractivity contribution is 7.91. The van der Waals surface area contributed by atoms with Crippen molar-refractivity contribution in [1.82, 2.24) is 9.55 Å². The molecule has 0 saturated carbocycles. The number of hydrogen-bond acceptors (Lipinski definition) is 5. The van der Waals surface area contributed by atoms with E-state index in [0.29, 0.717) is 12.8 Å². The Labute approximate surface area is 124 Å². The maximum Gasteiger partial charge on any atom is 0.328 e. The fraction of sp³-hybridized carbons (Fsp3) is 0.714. The first kappa shape index (κ1) is 14.6. The minimum atomic E-state index is -2.89. The first-order valence-electron chi connectivity index (χ1n) is 7.36. The number of fused-ring (bicyclic) bond motifs is 1. The molecule has 3 rings (SSSR count). The zero-order valence-electron chi connectivity index (χ0n) is 12.1. The van der Waals surface area contributed by atoms with Crippen LogP contribution in [-0.2, 0) is 25.8 Å². The zero-order valence-corrected chi connectivity index (χ0v) is 12.9. The predicted octanol–water partition coefficient (Wildman–Crippen LogP) is 1.23. The standard InChI is InChI=1S/C14H20N2O4S/c1-20-14(17)12-4-2-3-11-9-15-13(16(11)12)10-5-7-21(18,19)8-6-10/h9-10,12H,2-8H2,1H3. The molecule has 2 aliphatic heterocycles. The Bertz CT molecular complexity index is 636. The minimum Gasteiger partial charge on any atom is -0.467 e. The van der Waals surface area contributed by atoms with Gasteiger partial charge in [-0.15, -0.1) is 0 Å². The molecule has 0 N–H and O–H groups in total. The number of carbonyl (C=O) groups is 1. The molecule has 7 heteroatoms. The summed E-state index contributed by atoms with van der Waals surface area (Å²) in [5.41, 5.74) is 1.06. The van der Waals surface area contributed by atoms with Crippen LogP contribution in [0.5, 0.6) is 0 Å². The van der Waals surface area contributed by atoms with Crippen LogP contribution < -0.4 is 0 Å². The van der Waals surface area contributed by atoms with E-state index >= 15 is 0 Å². The molecule has 3 heterocycles. The summed E-state index contributed by atoms with van der Waals surface area (Å²) in [6.07, 6.45) is 5.62. The Morgan fingerprint density at radius 1 is 1.33 bits per heavy atom. The van der Waals surface area contributed by atoms with Gasteiger partial charge >= 0.3 is 5.97 Å². The second-order valence-electron chi connectivity index (χ2n) is 5.84. The van der Waals surface area contributed by atoms with Gasteiger partial charge in [-0.05, 0) is 32.1 Å². The first-order chi connectivity index (χ1) is 10.0. The van der Waals surface area contributed by atoms with Crippen LogP contribution in [0.4, 0.5) is 0 Å². The van der Waals surface area contributed by atoms with E-state index in [1.165, 1.54) is 7.11 Å². The summed E-state index contributed by atoms with van der Waals surface area (Å²) in [5, 5.41) is 0. The second kappa shape index (κ2) is 5.44. The molecule has 0 amide bonds. The van der Waals surface area contributed by atoms with E-state index in [1.807, 2.05) is 10.8 Å². The maximum atomic E-state index is 12.0. The van der Waals surface area contributed by atoms with Crippen LogP contribution in [0.15, 0.2) is 6.20 Å². The van der Waals surface area contributed by atoms with Gasteiger partial charge in [-0.2, -0.15) is 0 Å². The van der Waals surface area contributed by atoms with Crippen LogP contribution in [0.3, 0.4) is 0 Å². The molecule has 1 fully saturated rings. The number of aromatic nitrogens is 2. The topological polar surface area (TPSA) is 78.3 Å². The minimum absolute atomic E-state index is 0.118. The summed E-state index contributed by atoms with van der Waals surface area (Å²) in [6.45, 7) is 0. The molecule has 0 radical (unpaired) electrons. The van der Waals surface area contributed by atoms with Crippen molar-refractivity contribution in [3.05, 3.63) is 17.7 Å². The number of nitrogens with zero attached hydrogens (tertiary/aromatic N) is 2. The Morgan fingerprint density at radius 3 is 2.71 bits per heavy atom. The van der Waals surface area contributed by atoms with Crippen molar-refractivity contribution >= 4 is 15.8 Å². The Kier molecular flexibility index (Phi) is 3.77. The van der Waals surface area contributed by atoms with Gasteiger partial charge in [0.2, 0.25) is 0 Å². The smallest absolute Gasteiger partial charge is 0.328 e. The molecule has 1 atom stereocenters. The fourth-order valence-electron chi connectivity index (χ4n) is 3.37.